The Bertz CT molecular complexity index is 515. The van der Waals surface area contributed by atoms with Crippen LogP contribution in [0.5, 0.6) is 0 Å². The number of rotatable bonds is 3. The van der Waals surface area contributed by atoms with Crippen molar-refractivity contribution in [2.45, 2.75) is 11.1 Å². The van der Waals surface area contributed by atoms with Crippen LogP contribution in [-0.2, 0) is 16.2 Å². The molecule has 0 spiro atoms. The molecule has 1 aromatic carbocycles. The van der Waals surface area contributed by atoms with Crippen LogP contribution in [0.3, 0.4) is 0 Å². The molecule has 1 rings (SSSR count). The van der Waals surface area contributed by atoms with Crippen molar-refractivity contribution in [2.24, 2.45) is 0 Å². The van der Waals surface area contributed by atoms with Crippen LogP contribution in [0.1, 0.15) is 5.56 Å². The summed E-state index contributed by atoms with van der Waals surface area (Å²) in [6.45, 7) is -0.910. The Hall–Kier alpha value is -0.830. The second-order valence-corrected chi connectivity index (χ2v) is 5.12. The van der Waals surface area contributed by atoms with E-state index in [9.17, 15) is 21.6 Å². The highest BCUT2D eigenvalue weighted by Crippen LogP contribution is 2.35. The van der Waals surface area contributed by atoms with Gasteiger partial charge in [0.15, 0.2) is 0 Å². The lowest BCUT2D eigenvalue weighted by molar-refractivity contribution is -0.137. The minimum absolute atomic E-state index is 0.403. The Balaban J connectivity index is 3.32. The van der Waals surface area contributed by atoms with E-state index in [-0.39, 0.29) is 0 Å². The van der Waals surface area contributed by atoms with Gasteiger partial charge >= 0.3 is 6.18 Å². The molecule has 4 nitrogen and oxygen atoms in total. The van der Waals surface area contributed by atoms with Crippen LogP contribution in [0.4, 0.5) is 13.2 Å². The largest absolute Gasteiger partial charge is 0.417 e. The lowest BCUT2D eigenvalue weighted by Crippen LogP contribution is -2.24. The summed E-state index contributed by atoms with van der Waals surface area (Å²) in [6, 6.07) is 2.15. The molecule has 0 heterocycles. The van der Waals surface area contributed by atoms with Crippen molar-refractivity contribution < 1.29 is 26.7 Å². The molecular formula is C8H7ClF3NO3S. The predicted molar refractivity (Wildman–Crippen MR) is 53.9 cm³/mol. The maximum absolute atomic E-state index is 12.5. The molecule has 0 amide bonds. The zero-order valence-electron chi connectivity index (χ0n) is 8.12. The number of aliphatic hydroxyl groups is 1. The number of alkyl halides is 3. The highest BCUT2D eigenvalue weighted by Gasteiger charge is 2.34. The van der Waals surface area contributed by atoms with E-state index in [4.69, 9.17) is 16.7 Å². The van der Waals surface area contributed by atoms with E-state index in [0.29, 0.717) is 6.07 Å². The van der Waals surface area contributed by atoms with Crippen molar-refractivity contribution >= 4 is 21.6 Å². The van der Waals surface area contributed by atoms with Crippen LogP contribution in [0, 0.1) is 0 Å². The molecule has 96 valence electrons. The van der Waals surface area contributed by atoms with E-state index >= 15 is 0 Å². The first-order valence-electron chi connectivity index (χ1n) is 4.16. The Kier molecular flexibility index (Phi) is 4.03. The molecule has 0 aliphatic heterocycles. The third-order valence-electron chi connectivity index (χ3n) is 1.81. The quantitative estimate of drug-likeness (QED) is 0.831. The summed E-state index contributed by atoms with van der Waals surface area (Å²) in [5.41, 5.74) is -1.25. The summed E-state index contributed by atoms with van der Waals surface area (Å²) in [7, 11) is -4.17. The van der Waals surface area contributed by atoms with Crippen LogP contribution in [0.25, 0.3) is 0 Å². The topological polar surface area (TPSA) is 66.4 Å². The maximum atomic E-state index is 12.5. The number of sulfonamides is 1. The zero-order chi connectivity index (χ0) is 13.3. The van der Waals surface area contributed by atoms with Crippen molar-refractivity contribution in [3.05, 3.63) is 28.8 Å². The second-order valence-electron chi connectivity index (χ2n) is 2.95. The number of hydrogen-bond donors (Lipinski definition) is 2. The van der Waals surface area contributed by atoms with Crippen LogP contribution in [0.15, 0.2) is 23.1 Å². The van der Waals surface area contributed by atoms with E-state index in [2.05, 4.69) is 0 Å². The number of halogens is 4. The molecule has 0 radical (unpaired) electrons. The van der Waals surface area contributed by atoms with Gasteiger partial charge in [0.2, 0.25) is 10.0 Å². The molecule has 0 saturated carbocycles. The molecule has 0 saturated heterocycles. The van der Waals surface area contributed by atoms with Gasteiger partial charge in [-0.1, -0.05) is 11.6 Å². The fraction of sp³-hybridized carbons (Fsp3) is 0.250. The van der Waals surface area contributed by atoms with Gasteiger partial charge in [-0.25, -0.2) is 8.42 Å². The van der Waals surface area contributed by atoms with E-state index < -0.39 is 38.4 Å². The van der Waals surface area contributed by atoms with Crippen molar-refractivity contribution in [2.75, 3.05) is 6.73 Å². The van der Waals surface area contributed by atoms with E-state index in [1.165, 1.54) is 0 Å². The lowest BCUT2D eigenvalue weighted by Gasteiger charge is -2.11. The Morgan fingerprint density at radius 3 is 2.41 bits per heavy atom. The van der Waals surface area contributed by atoms with Crippen LogP contribution in [-0.4, -0.2) is 20.3 Å². The highest BCUT2D eigenvalue weighted by atomic mass is 35.5. The van der Waals surface area contributed by atoms with Gasteiger partial charge in [-0.05, 0) is 18.2 Å². The van der Waals surface area contributed by atoms with E-state index in [1.807, 2.05) is 0 Å². The van der Waals surface area contributed by atoms with Gasteiger partial charge in [0.05, 0.1) is 15.5 Å². The molecule has 0 aliphatic rings. The predicted octanol–water partition coefficient (Wildman–Crippen LogP) is 1.59. The number of hydrogen-bond acceptors (Lipinski definition) is 3. The third kappa shape index (κ3) is 3.32. The maximum Gasteiger partial charge on any atom is 0.417 e. The average molecular weight is 290 g/mol. The first-order chi connectivity index (χ1) is 7.68. The van der Waals surface area contributed by atoms with Gasteiger partial charge in [0.25, 0.3) is 0 Å². The van der Waals surface area contributed by atoms with E-state index in [1.54, 1.807) is 4.72 Å². The number of aliphatic hydroxyl groups excluding tert-OH is 1. The average Bonchev–Trinajstić information content (AvgIpc) is 2.15. The highest BCUT2D eigenvalue weighted by molar-refractivity contribution is 7.89. The summed E-state index contributed by atoms with van der Waals surface area (Å²) < 4.78 is 61.7. The van der Waals surface area contributed by atoms with Crippen molar-refractivity contribution in [1.82, 2.24) is 4.72 Å². The van der Waals surface area contributed by atoms with Gasteiger partial charge in [-0.3, -0.25) is 0 Å². The van der Waals surface area contributed by atoms with Gasteiger partial charge in [-0.2, -0.15) is 17.9 Å². The van der Waals surface area contributed by atoms with E-state index in [0.717, 1.165) is 12.1 Å². The normalized spacial score (nSPS) is 12.8. The SMILES string of the molecule is O=S(=O)(NCO)c1ccc(Cl)c(C(F)(F)F)c1. The van der Waals surface area contributed by atoms with Crippen LogP contribution >= 0.6 is 11.6 Å². The third-order valence-corrected chi connectivity index (χ3v) is 3.52. The molecule has 0 unspecified atom stereocenters. The molecule has 0 aliphatic carbocycles. The number of benzene rings is 1. The molecule has 17 heavy (non-hydrogen) atoms. The molecule has 0 aromatic heterocycles. The van der Waals surface area contributed by atoms with Gasteiger partial charge in [-0.15, -0.1) is 0 Å². The summed E-state index contributed by atoms with van der Waals surface area (Å²) in [5, 5.41) is 7.81. The molecular weight excluding hydrogens is 283 g/mol. The summed E-state index contributed by atoms with van der Waals surface area (Å²) in [5.74, 6) is 0. The van der Waals surface area contributed by atoms with Crippen molar-refractivity contribution in [3.8, 4) is 0 Å². The van der Waals surface area contributed by atoms with Gasteiger partial charge < -0.3 is 5.11 Å². The summed E-state index contributed by atoms with van der Waals surface area (Å²) in [6.07, 6.45) is -4.75. The molecule has 9 heteroatoms. The minimum Gasteiger partial charge on any atom is -0.380 e. The van der Waals surface area contributed by atoms with Crippen molar-refractivity contribution in [1.29, 1.82) is 0 Å². The zero-order valence-corrected chi connectivity index (χ0v) is 9.70. The minimum atomic E-state index is -4.75. The Morgan fingerprint density at radius 2 is 1.94 bits per heavy atom. The fourth-order valence-electron chi connectivity index (χ4n) is 1.06. The molecule has 2 N–H and O–H groups in total. The molecule has 1 aromatic rings. The molecule has 0 bridgehead atoms. The Morgan fingerprint density at radius 1 is 1.35 bits per heavy atom. The monoisotopic (exact) mass is 289 g/mol. The first-order valence-corrected chi connectivity index (χ1v) is 6.02. The molecule has 0 fully saturated rings. The number of nitrogens with one attached hydrogen (secondary N) is 1. The van der Waals surface area contributed by atoms with Crippen molar-refractivity contribution in [3.63, 3.8) is 0 Å². The summed E-state index contributed by atoms with van der Waals surface area (Å²) in [4.78, 5) is -0.622. The standard InChI is InChI=1S/C8H7ClF3NO3S/c9-7-2-1-5(17(15,16)13-4-14)3-6(7)8(10,11)12/h1-3,13-14H,4H2. The first kappa shape index (κ1) is 14.2. The summed E-state index contributed by atoms with van der Waals surface area (Å²) >= 11 is 5.32. The Labute approximate surface area is 100 Å². The fourth-order valence-corrected chi connectivity index (χ4v) is 2.14. The van der Waals surface area contributed by atoms with Crippen LogP contribution in [0.2, 0.25) is 5.02 Å². The lowest BCUT2D eigenvalue weighted by atomic mass is 10.2. The van der Waals surface area contributed by atoms with Gasteiger partial charge in [0.1, 0.15) is 6.73 Å². The van der Waals surface area contributed by atoms with Crippen LogP contribution < -0.4 is 4.72 Å². The smallest absolute Gasteiger partial charge is 0.380 e. The second kappa shape index (κ2) is 4.81. The van der Waals surface area contributed by atoms with Gasteiger partial charge in [0, 0.05) is 0 Å². The molecule has 0 atom stereocenters.